The van der Waals surface area contributed by atoms with Crippen molar-refractivity contribution < 1.29 is 9.53 Å². The van der Waals surface area contributed by atoms with Crippen LogP contribution < -0.4 is 4.74 Å². The second-order valence-electron chi connectivity index (χ2n) is 4.76. The number of benzene rings is 2. The predicted molar refractivity (Wildman–Crippen MR) is 97.3 cm³/mol. The summed E-state index contributed by atoms with van der Waals surface area (Å²) in [6.45, 7) is 4.74. The van der Waals surface area contributed by atoms with Gasteiger partial charge in [0.2, 0.25) is 0 Å². The van der Waals surface area contributed by atoms with Crippen molar-refractivity contribution in [2.75, 3.05) is 6.61 Å². The highest BCUT2D eigenvalue weighted by Gasteiger charge is 2.15. The molecule has 2 aromatic carbocycles. The first kappa shape index (κ1) is 16.5. The molecule has 2 aromatic rings. The average Bonchev–Trinajstić information content (AvgIpc) is 2.48. The van der Waals surface area contributed by atoms with Crippen molar-refractivity contribution in [3.8, 4) is 5.75 Å². The maximum absolute atomic E-state index is 12.6. The van der Waals surface area contributed by atoms with Gasteiger partial charge in [-0.3, -0.25) is 4.79 Å². The van der Waals surface area contributed by atoms with Gasteiger partial charge >= 0.3 is 0 Å². The lowest BCUT2D eigenvalue weighted by molar-refractivity contribution is 0.103. The van der Waals surface area contributed by atoms with Crippen LogP contribution in [0, 0.1) is 10.5 Å². The molecule has 0 N–H and O–H groups in total. The van der Waals surface area contributed by atoms with E-state index < -0.39 is 0 Å². The topological polar surface area (TPSA) is 26.3 Å². The van der Waals surface area contributed by atoms with Crippen LogP contribution in [-0.2, 0) is 0 Å². The molecule has 0 bridgehead atoms. The molecule has 0 heterocycles. The van der Waals surface area contributed by atoms with E-state index in [4.69, 9.17) is 4.74 Å². The second-order valence-corrected chi connectivity index (χ2v) is 6.69. The molecular weight excluding hydrogens is 443 g/mol. The van der Waals surface area contributed by atoms with Crippen LogP contribution in [0.2, 0.25) is 0 Å². The maximum atomic E-state index is 12.6. The van der Waals surface area contributed by atoms with Crippen LogP contribution >= 0.6 is 38.5 Å². The van der Waals surface area contributed by atoms with E-state index in [0.717, 1.165) is 31.3 Å². The van der Waals surface area contributed by atoms with Crippen molar-refractivity contribution in [2.45, 2.75) is 20.3 Å². The SMILES string of the molecule is CCCOc1ccc(C(=O)c2cccc(C)c2I)cc1Br. The second kappa shape index (κ2) is 7.40. The number of hydrogen-bond acceptors (Lipinski definition) is 2. The molecule has 0 aliphatic rings. The molecule has 0 amide bonds. The van der Waals surface area contributed by atoms with E-state index in [9.17, 15) is 4.79 Å². The number of carbonyl (C=O) groups excluding carboxylic acids is 1. The summed E-state index contributed by atoms with van der Waals surface area (Å²) in [5.41, 5.74) is 2.52. The zero-order valence-electron chi connectivity index (χ0n) is 12.0. The van der Waals surface area contributed by atoms with Gasteiger partial charge in [0.15, 0.2) is 5.78 Å². The number of rotatable bonds is 5. The van der Waals surface area contributed by atoms with Crippen LogP contribution in [0.25, 0.3) is 0 Å². The number of ketones is 1. The fourth-order valence-electron chi connectivity index (χ4n) is 1.95. The number of carbonyl (C=O) groups is 1. The van der Waals surface area contributed by atoms with Crippen LogP contribution in [0.4, 0.5) is 0 Å². The Hall–Kier alpha value is -0.880. The van der Waals surface area contributed by atoms with E-state index in [0.29, 0.717) is 12.2 Å². The third-order valence-corrected chi connectivity index (χ3v) is 5.14. The normalized spacial score (nSPS) is 10.5. The van der Waals surface area contributed by atoms with Crippen LogP contribution in [-0.4, -0.2) is 12.4 Å². The fourth-order valence-corrected chi connectivity index (χ4v) is 3.05. The monoisotopic (exact) mass is 458 g/mol. The Morgan fingerprint density at radius 2 is 2.05 bits per heavy atom. The average molecular weight is 459 g/mol. The first-order valence-corrected chi connectivity index (χ1v) is 8.64. The summed E-state index contributed by atoms with van der Waals surface area (Å²) in [6.07, 6.45) is 0.953. The molecular formula is C17H16BrIO2. The van der Waals surface area contributed by atoms with Crippen molar-refractivity contribution >= 4 is 44.3 Å². The van der Waals surface area contributed by atoms with Gasteiger partial charge < -0.3 is 4.74 Å². The van der Waals surface area contributed by atoms with Gasteiger partial charge in [0.1, 0.15) is 5.75 Å². The van der Waals surface area contributed by atoms with E-state index in [1.807, 2.05) is 43.3 Å². The minimum absolute atomic E-state index is 0.0332. The number of ether oxygens (including phenoxy) is 1. The molecule has 0 unspecified atom stereocenters. The molecule has 0 atom stereocenters. The number of halogens is 2. The Morgan fingerprint density at radius 1 is 1.29 bits per heavy atom. The lowest BCUT2D eigenvalue weighted by Gasteiger charge is -2.10. The van der Waals surface area contributed by atoms with E-state index >= 15 is 0 Å². The lowest BCUT2D eigenvalue weighted by atomic mass is 10.0. The molecule has 0 aromatic heterocycles. The van der Waals surface area contributed by atoms with Crippen molar-refractivity contribution in [3.63, 3.8) is 0 Å². The van der Waals surface area contributed by atoms with E-state index in [1.165, 1.54) is 0 Å². The molecule has 0 saturated carbocycles. The first-order valence-electron chi connectivity index (χ1n) is 6.76. The highest BCUT2D eigenvalue weighted by Crippen LogP contribution is 2.28. The molecule has 4 heteroatoms. The summed E-state index contributed by atoms with van der Waals surface area (Å²) in [5.74, 6) is 0.804. The summed E-state index contributed by atoms with van der Waals surface area (Å²) in [6, 6.07) is 11.3. The van der Waals surface area contributed by atoms with Gasteiger partial charge in [0.05, 0.1) is 11.1 Å². The van der Waals surface area contributed by atoms with Gasteiger partial charge in [-0.2, -0.15) is 0 Å². The fraction of sp³-hybridized carbons (Fsp3) is 0.235. The summed E-state index contributed by atoms with van der Waals surface area (Å²) in [5, 5.41) is 0. The zero-order valence-corrected chi connectivity index (χ0v) is 15.7. The van der Waals surface area contributed by atoms with Crippen molar-refractivity contribution in [3.05, 3.63) is 61.1 Å². The molecule has 0 saturated heterocycles. The van der Waals surface area contributed by atoms with Gasteiger partial charge in [0, 0.05) is 14.7 Å². The third kappa shape index (κ3) is 3.86. The standard InChI is InChI=1S/C17H16BrIO2/c1-3-9-21-15-8-7-12(10-14(15)18)17(20)13-6-4-5-11(2)16(13)19/h4-8,10H,3,9H2,1-2H3. The molecule has 2 nitrogen and oxygen atoms in total. The largest absolute Gasteiger partial charge is 0.492 e. The Kier molecular flexibility index (Phi) is 5.81. The minimum atomic E-state index is 0.0332. The molecule has 0 aliphatic carbocycles. The van der Waals surface area contributed by atoms with E-state index in [-0.39, 0.29) is 5.78 Å². The highest BCUT2D eigenvalue weighted by atomic mass is 127. The quantitative estimate of drug-likeness (QED) is 0.444. The highest BCUT2D eigenvalue weighted by molar-refractivity contribution is 14.1. The van der Waals surface area contributed by atoms with Gasteiger partial charge in [0.25, 0.3) is 0 Å². The molecule has 0 spiro atoms. The predicted octanol–water partition coefficient (Wildman–Crippen LogP) is 5.38. The minimum Gasteiger partial charge on any atom is -0.492 e. The van der Waals surface area contributed by atoms with Crippen LogP contribution in [0.3, 0.4) is 0 Å². The van der Waals surface area contributed by atoms with E-state index in [1.54, 1.807) is 0 Å². The van der Waals surface area contributed by atoms with Crippen molar-refractivity contribution in [1.29, 1.82) is 0 Å². The van der Waals surface area contributed by atoms with Gasteiger partial charge in [-0.15, -0.1) is 0 Å². The summed E-state index contributed by atoms with van der Waals surface area (Å²) < 4.78 is 7.42. The Labute approximate surface area is 147 Å². The van der Waals surface area contributed by atoms with Crippen LogP contribution in [0.1, 0.15) is 34.8 Å². The maximum Gasteiger partial charge on any atom is 0.194 e. The Morgan fingerprint density at radius 3 is 2.71 bits per heavy atom. The third-order valence-electron chi connectivity index (χ3n) is 3.09. The summed E-state index contributed by atoms with van der Waals surface area (Å²) in [7, 11) is 0. The molecule has 0 aliphatic heterocycles. The van der Waals surface area contributed by atoms with Gasteiger partial charge in [-0.05, 0) is 81.7 Å². The summed E-state index contributed by atoms with van der Waals surface area (Å²) in [4.78, 5) is 12.6. The lowest BCUT2D eigenvalue weighted by Crippen LogP contribution is -2.05. The summed E-state index contributed by atoms with van der Waals surface area (Å²) >= 11 is 5.70. The molecule has 0 radical (unpaired) electrons. The smallest absolute Gasteiger partial charge is 0.194 e. The van der Waals surface area contributed by atoms with Crippen LogP contribution in [0.15, 0.2) is 40.9 Å². The molecule has 110 valence electrons. The first-order chi connectivity index (χ1) is 10.0. The van der Waals surface area contributed by atoms with Crippen LogP contribution in [0.5, 0.6) is 5.75 Å². The number of aryl methyl sites for hydroxylation is 1. The van der Waals surface area contributed by atoms with Gasteiger partial charge in [-0.25, -0.2) is 0 Å². The Balaban J connectivity index is 2.32. The number of hydrogen-bond donors (Lipinski definition) is 0. The molecule has 2 rings (SSSR count). The van der Waals surface area contributed by atoms with Crippen molar-refractivity contribution in [1.82, 2.24) is 0 Å². The Bertz CT molecular complexity index is 668. The van der Waals surface area contributed by atoms with E-state index in [2.05, 4.69) is 45.4 Å². The zero-order chi connectivity index (χ0) is 15.4. The van der Waals surface area contributed by atoms with Crippen molar-refractivity contribution in [2.24, 2.45) is 0 Å². The molecule has 21 heavy (non-hydrogen) atoms. The molecule has 0 fully saturated rings. The van der Waals surface area contributed by atoms with Gasteiger partial charge in [-0.1, -0.05) is 19.1 Å².